The van der Waals surface area contributed by atoms with E-state index in [1.165, 1.54) is 6.20 Å². The standard InChI is InChI=1S/C13H18N6O/c1-9(2)5-6-19-8-11(17-18-19)13(20)16-10-3-4-12(14)15-7-10/h3-4,7-9H,5-6H2,1-2H3,(H2,14,15)(H,16,20). The Morgan fingerprint density at radius 2 is 2.25 bits per heavy atom. The average Bonchev–Trinajstić information content (AvgIpc) is 2.88. The fraction of sp³-hybridized carbons (Fsp3) is 0.385. The number of hydrogen-bond acceptors (Lipinski definition) is 5. The number of nitrogens with two attached hydrogens (primary N) is 1. The lowest BCUT2D eigenvalue weighted by molar-refractivity contribution is 0.102. The van der Waals surface area contributed by atoms with Gasteiger partial charge in [-0.15, -0.1) is 5.10 Å². The van der Waals surface area contributed by atoms with Gasteiger partial charge in [0.05, 0.1) is 18.1 Å². The molecule has 0 saturated heterocycles. The molecule has 0 aromatic carbocycles. The third-order valence-electron chi connectivity index (χ3n) is 2.75. The number of carbonyl (C=O) groups excluding carboxylic acids is 1. The highest BCUT2D eigenvalue weighted by Crippen LogP contribution is 2.09. The summed E-state index contributed by atoms with van der Waals surface area (Å²) in [6.45, 7) is 5.03. The van der Waals surface area contributed by atoms with E-state index in [0.717, 1.165) is 13.0 Å². The van der Waals surface area contributed by atoms with Gasteiger partial charge in [-0.1, -0.05) is 19.1 Å². The Morgan fingerprint density at radius 3 is 2.90 bits per heavy atom. The van der Waals surface area contributed by atoms with Crippen LogP contribution in [-0.2, 0) is 6.54 Å². The first kappa shape index (κ1) is 14.0. The minimum absolute atomic E-state index is 0.283. The molecule has 0 spiro atoms. The molecule has 0 saturated carbocycles. The SMILES string of the molecule is CC(C)CCn1cc(C(=O)Nc2ccc(N)nc2)nn1. The Morgan fingerprint density at radius 1 is 1.45 bits per heavy atom. The number of nitrogens with zero attached hydrogens (tertiary/aromatic N) is 4. The fourth-order valence-electron chi connectivity index (χ4n) is 1.58. The molecule has 7 nitrogen and oxygen atoms in total. The van der Waals surface area contributed by atoms with Gasteiger partial charge in [-0.2, -0.15) is 0 Å². The normalized spacial score (nSPS) is 10.8. The van der Waals surface area contributed by atoms with Gasteiger partial charge in [0, 0.05) is 6.54 Å². The van der Waals surface area contributed by atoms with Crippen molar-refractivity contribution in [2.24, 2.45) is 5.92 Å². The maximum atomic E-state index is 12.0. The van der Waals surface area contributed by atoms with Gasteiger partial charge in [-0.25, -0.2) is 4.98 Å². The zero-order chi connectivity index (χ0) is 14.5. The van der Waals surface area contributed by atoms with Crippen LogP contribution in [0.1, 0.15) is 30.8 Å². The molecular formula is C13H18N6O. The van der Waals surface area contributed by atoms with Crippen LogP contribution < -0.4 is 11.1 Å². The van der Waals surface area contributed by atoms with Gasteiger partial charge in [-0.3, -0.25) is 9.48 Å². The second-order valence-corrected chi connectivity index (χ2v) is 4.98. The summed E-state index contributed by atoms with van der Waals surface area (Å²) in [6.07, 6.45) is 4.13. The van der Waals surface area contributed by atoms with Crippen molar-refractivity contribution in [3.63, 3.8) is 0 Å². The Bertz CT molecular complexity index is 575. The number of rotatable bonds is 5. The van der Waals surface area contributed by atoms with Crippen LogP contribution in [0, 0.1) is 5.92 Å². The lowest BCUT2D eigenvalue weighted by atomic mass is 10.1. The van der Waals surface area contributed by atoms with Gasteiger partial charge in [0.1, 0.15) is 5.82 Å². The number of amides is 1. The van der Waals surface area contributed by atoms with Crippen LogP contribution in [0.3, 0.4) is 0 Å². The van der Waals surface area contributed by atoms with E-state index in [4.69, 9.17) is 5.73 Å². The third-order valence-corrected chi connectivity index (χ3v) is 2.75. The van der Waals surface area contributed by atoms with Gasteiger partial charge in [0.15, 0.2) is 5.69 Å². The molecule has 1 amide bonds. The average molecular weight is 274 g/mol. The maximum Gasteiger partial charge on any atom is 0.277 e. The number of nitrogen functional groups attached to an aromatic ring is 1. The van der Waals surface area contributed by atoms with E-state index in [1.807, 2.05) is 0 Å². The first-order chi connectivity index (χ1) is 9.54. The number of nitrogens with one attached hydrogen (secondary N) is 1. The molecule has 2 rings (SSSR count). The largest absolute Gasteiger partial charge is 0.384 e. The quantitative estimate of drug-likeness (QED) is 0.862. The van der Waals surface area contributed by atoms with Gasteiger partial charge in [0.25, 0.3) is 5.91 Å². The zero-order valence-corrected chi connectivity index (χ0v) is 11.6. The molecule has 20 heavy (non-hydrogen) atoms. The Labute approximate surface area is 117 Å². The lowest BCUT2D eigenvalue weighted by Crippen LogP contribution is -2.12. The molecule has 2 aromatic heterocycles. The van der Waals surface area contributed by atoms with E-state index in [9.17, 15) is 4.79 Å². The maximum absolute atomic E-state index is 12.0. The highest BCUT2D eigenvalue weighted by atomic mass is 16.2. The molecule has 0 aliphatic carbocycles. The molecule has 106 valence electrons. The van der Waals surface area contributed by atoms with Crippen molar-refractivity contribution in [1.29, 1.82) is 0 Å². The summed E-state index contributed by atoms with van der Waals surface area (Å²) in [4.78, 5) is 15.9. The number of aromatic nitrogens is 4. The highest BCUT2D eigenvalue weighted by molar-refractivity contribution is 6.02. The summed E-state index contributed by atoms with van der Waals surface area (Å²) in [5, 5.41) is 10.5. The molecule has 0 unspecified atom stereocenters. The summed E-state index contributed by atoms with van der Waals surface area (Å²) in [6, 6.07) is 3.30. The Kier molecular flexibility index (Phi) is 4.29. The topological polar surface area (TPSA) is 98.7 Å². The van der Waals surface area contributed by atoms with Crippen LogP contribution >= 0.6 is 0 Å². The van der Waals surface area contributed by atoms with Gasteiger partial charge in [-0.05, 0) is 24.5 Å². The Hall–Kier alpha value is -2.44. The van der Waals surface area contributed by atoms with Crippen LogP contribution in [0.25, 0.3) is 0 Å². The van der Waals surface area contributed by atoms with Crippen LogP contribution in [0.4, 0.5) is 11.5 Å². The third kappa shape index (κ3) is 3.78. The van der Waals surface area contributed by atoms with Crippen molar-refractivity contribution in [3.8, 4) is 0 Å². The minimum Gasteiger partial charge on any atom is -0.384 e. The number of carbonyl (C=O) groups is 1. The number of hydrogen-bond donors (Lipinski definition) is 2. The number of anilines is 2. The summed E-state index contributed by atoms with van der Waals surface area (Å²) >= 11 is 0. The lowest BCUT2D eigenvalue weighted by Gasteiger charge is -2.03. The molecule has 7 heteroatoms. The predicted octanol–water partition coefficient (Wildman–Crippen LogP) is 1.55. The summed E-state index contributed by atoms with van der Waals surface area (Å²) in [7, 11) is 0. The Balaban J connectivity index is 1.97. The smallest absolute Gasteiger partial charge is 0.277 e. The van der Waals surface area contributed by atoms with E-state index in [0.29, 0.717) is 17.4 Å². The highest BCUT2D eigenvalue weighted by Gasteiger charge is 2.11. The summed E-state index contributed by atoms with van der Waals surface area (Å²) in [5.74, 6) is 0.673. The molecule has 2 heterocycles. The predicted molar refractivity (Wildman–Crippen MR) is 76.1 cm³/mol. The first-order valence-corrected chi connectivity index (χ1v) is 6.47. The molecule has 0 aliphatic rings. The van der Waals surface area contributed by atoms with Crippen molar-refractivity contribution in [2.45, 2.75) is 26.8 Å². The van der Waals surface area contributed by atoms with Crippen LogP contribution in [0.15, 0.2) is 24.5 Å². The van der Waals surface area contributed by atoms with E-state index >= 15 is 0 Å². The molecule has 0 atom stereocenters. The van der Waals surface area contributed by atoms with E-state index < -0.39 is 0 Å². The monoisotopic (exact) mass is 274 g/mol. The molecule has 3 N–H and O–H groups in total. The number of pyridine rings is 1. The molecule has 0 radical (unpaired) electrons. The van der Waals surface area contributed by atoms with Gasteiger partial charge in [0.2, 0.25) is 0 Å². The van der Waals surface area contributed by atoms with Crippen LogP contribution in [-0.4, -0.2) is 25.9 Å². The van der Waals surface area contributed by atoms with Crippen molar-refractivity contribution >= 4 is 17.4 Å². The molecule has 0 fully saturated rings. The van der Waals surface area contributed by atoms with E-state index in [1.54, 1.807) is 23.0 Å². The zero-order valence-electron chi connectivity index (χ0n) is 11.6. The second kappa shape index (κ2) is 6.14. The van der Waals surface area contributed by atoms with Crippen LogP contribution in [0.2, 0.25) is 0 Å². The molecule has 0 bridgehead atoms. The van der Waals surface area contributed by atoms with Crippen molar-refractivity contribution < 1.29 is 4.79 Å². The minimum atomic E-state index is -0.313. The van der Waals surface area contributed by atoms with Gasteiger partial charge < -0.3 is 11.1 Å². The van der Waals surface area contributed by atoms with Crippen molar-refractivity contribution in [2.75, 3.05) is 11.1 Å². The number of aryl methyl sites for hydroxylation is 1. The summed E-state index contributed by atoms with van der Waals surface area (Å²) < 4.78 is 1.68. The molecular weight excluding hydrogens is 256 g/mol. The van der Waals surface area contributed by atoms with E-state index in [2.05, 4.69) is 34.5 Å². The molecule has 2 aromatic rings. The fourth-order valence-corrected chi connectivity index (χ4v) is 1.58. The first-order valence-electron chi connectivity index (χ1n) is 6.47. The van der Waals surface area contributed by atoms with Gasteiger partial charge >= 0.3 is 0 Å². The van der Waals surface area contributed by atoms with E-state index in [-0.39, 0.29) is 11.6 Å². The van der Waals surface area contributed by atoms with Crippen molar-refractivity contribution in [1.82, 2.24) is 20.0 Å². The second-order valence-electron chi connectivity index (χ2n) is 4.98. The summed E-state index contributed by atoms with van der Waals surface area (Å²) in [5.41, 5.74) is 6.33. The molecule has 0 aliphatic heterocycles. The van der Waals surface area contributed by atoms with Crippen molar-refractivity contribution in [3.05, 3.63) is 30.2 Å². The van der Waals surface area contributed by atoms with Crippen LogP contribution in [0.5, 0.6) is 0 Å².